The molecule has 2 amide bonds. The first-order valence-corrected chi connectivity index (χ1v) is 9.18. The molecule has 1 fully saturated rings. The van der Waals surface area contributed by atoms with E-state index < -0.39 is 0 Å². The first kappa shape index (κ1) is 18.6. The van der Waals surface area contributed by atoms with Crippen LogP contribution in [0.5, 0.6) is 0 Å². The number of carbonyl (C=O) groups excluding carboxylic acids is 2. The molecule has 1 aromatic heterocycles. The summed E-state index contributed by atoms with van der Waals surface area (Å²) in [5.41, 5.74) is 0. The number of aryl methyl sites for hydroxylation is 1. The van der Waals surface area contributed by atoms with Crippen molar-refractivity contribution >= 4 is 11.8 Å². The second-order valence-corrected chi connectivity index (χ2v) is 6.69. The van der Waals surface area contributed by atoms with Gasteiger partial charge in [0.25, 0.3) is 0 Å². The fourth-order valence-corrected chi connectivity index (χ4v) is 3.32. The predicted octanol–water partition coefficient (Wildman–Crippen LogP) is 3.73. The van der Waals surface area contributed by atoms with Crippen molar-refractivity contribution in [2.45, 2.75) is 71.3 Å². The quantitative estimate of drug-likeness (QED) is 0.773. The number of nitrogens with zero attached hydrogens (tertiary/aromatic N) is 1. The van der Waals surface area contributed by atoms with E-state index in [9.17, 15) is 9.59 Å². The molecule has 1 unspecified atom stereocenters. The van der Waals surface area contributed by atoms with E-state index in [0.717, 1.165) is 56.6 Å². The number of likely N-dealkylation sites (tertiary alicyclic amines) is 1. The molecule has 1 aromatic rings. The van der Waals surface area contributed by atoms with Crippen LogP contribution in [0.4, 0.5) is 0 Å². The van der Waals surface area contributed by atoms with E-state index >= 15 is 0 Å². The number of hydrogen-bond acceptors (Lipinski definition) is 3. The van der Waals surface area contributed by atoms with Gasteiger partial charge in [0.15, 0.2) is 0 Å². The molecular formula is C19H30N2O3. The lowest BCUT2D eigenvalue weighted by Gasteiger charge is -2.29. The Bertz CT molecular complexity index is 538. The highest BCUT2D eigenvalue weighted by Crippen LogP contribution is 2.31. The standard InChI is InChI=1S/C19H30N2O3/c1-15-11-12-18(24-15)17-9-5-4-8-14-21(17)19(23)10-6-3-7-13-20-16(2)22/h11-12,17H,3-10,13-14H2,1-2H3,(H,20,22). The predicted molar refractivity (Wildman–Crippen MR) is 93.5 cm³/mol. The number of furan rings is 1. The highest BCUT2D eigenvalue weighted by atomic mass is 16.3. The maximum Gasteiger partial charge on any atom is 0.223 e. The molecule has 1 aliphatic rings. The first-order valence-electron chi connectivity index (χ1n) is 9.18. The van der Waals surface area contributed by atoms with E-state index in [1.165, 1.54) is 13.3 Å². The Balaban J connectivity index is 1.84. The van der Waals surface area contributed by atoms with Crippen molar-refractivity contribution < 1.29 is 14.0 Å². The van der Waals surface area contributed by atoms with Crippen molar-refractivity contribution in [1.82, 2.24) is 10.2 Å². The van der Waals surface area contributed by atoms with Crippen LogP contribution in [0.25, 0.3) is 0 Å². The average Bonchev–Trinajstić information content (AvgIpc) is 2.83. The molecule has 1 atom stereocenters. The van der Waals surface area contributed by atoms with Crippen LogP contribution in [0.15, 0.2) is 16.5 Å². The highest BCUT2D eigenvalue weighted by molar-refractivity contribution is 5.76. The van der Waals surface area contributed by atoms with E-state index in [1.54, 1.807) is 0 Å². The Labute approximate surface area is 144 Å². The molecule has 0 radical (unpaired) electrons. The van der Waals surface area contributed by atoms with Crippen LogP contribution < -0.4 is 5.32 Å². The van der Waals surface area contributed by atoms with Crippen molar-refractivity contribution in [3.63, 3.8) is 0 Å². The minimum atomic E-state index is 0.00669. The zero-order chi connectivity index (χ0) is 17.4. The Morgan fingerprint density at radius 1 is 1.21 bits per heavy atom. The van der Waals surface area contributed by atoms with Crippen LogP contribution in [-0.2, 0) is 9.59 Å². The second-order valence-electron chi connectivity index (χ2n) is 6.69. The fourth-order valence-electron chi connectivity index (χ4n) is 3.32. The van der Waals surface area contributed by atoms with Gasteiger partial charge in [-0.15, -0.1) is 0 Å². The summed E-state index contributed by atoms with van der Waals surface area (Å²) in [5, 5.41) is 2.79. The lowest BCUT2D eigenvalue weighted by molar-refractivity contribution is -0.134. The molecule has 1 aliphatic heterocycles. The molecule has 2 heterocycles. The van der Waals surface area contributed by atoms with Gasteiger partial charge >= 0.3 is 0 Å². The number of unbranched alkanes of at least 4 members (excludes halogenated alkanes) is 2. The summed E-state index contributed by atoms with van der Waals surface area (Å²) in [5.74, 6) is 2.07. The minimum absolute atomic E-state index is 0.00669. The molecule has 5 nitrogen and oxygen atoms in total. The van der Waals surface area contributed by atoms with Gasteiger partial charge in [0, 0.05) is 26.4 Å². The third-order valence-electron chi connectivity index (χ3n) is 4.60. The summed E-state index contributed by atoms with van der Waals surface area (Å²) >= 11 is 0. The molecule has 1 saturated heterocycles. The van der Waals surface area contributed by atoms with Gasteiger partial charge in [0.05, 0.1) is 6.04 Å². The zero-order valence-electron chi connectivity index (χ0n) is 15.0. The summed E-state index contributed by atoms with van der Waals surface area (Å²) in [6.45, 7) is 5.00. The van der Waals surface area contributed by atoms with E-state index in [2.05, 4.69) is 5.32 Å². The molecule has 0 bridgehead atoms. The maximum atomic E-state index is 12.7. The monoisotopic (exact) mass is 334 g/mol. The van der Waals surface area contributed by atoms with Crippen LogP contribution in [-0.4, -0.2) is 29.8 Å². The SMILES string of the molecule is CC(=O)NCCCCCC(=O)N1CCCCCC1c1ccc(C)o1. The average molecular weight is 334 g/mol. The van der Waals surface area contributed by atoms with Crippen molar-refractivity contribution in [3.8, 4) is 0 Å². The van der Waals surface area contributed by atoms with Crippen LogP contribution in [0.2, 0.25) is 0 Å². The molecular weight excluding hydrogens is 304 g/mol. The van der Waals surface area contributed by atoms with Crippen molar-refractivity contribution in [2.75, 3.05) is 13.1 Å². The number of carbonyl (C=O) groups is 2. The Hall–Kier alpha value is -1.78. The van der Waals surface area contributed by atoms with E-state index in [-0.39, 0.29) is 17.9 Å². The van der Waals surface area contributed by atoms with Crippen LogP contribution in [0, 0.1) is 6.92 Å². The minimum Gasteiger partial charge on any atom is -0.464 e. The summed E-state index contributed by atoms with van der Waals surface area (Å²) < 4.78 is 5.80. The smallest absolute Gasteiger partial charge is 0.223 e. The van der Waals surface area contributed by atoms with Crippen LogP contribution >= 0.6 is 0 Å². The van der Waals surface area contributed by atoms with Gasteiger partial charge < -0.3 is 14.6 Å². The van der Waals surface area contributed by atoms with Gasteiger partial charge in [-0.2, -0.15) is 0 Å². The lowest BCUT2D eigenvalue weighted by atomic mass is 10.1. The number of amides is 2. The topological polar surface area (TPSA) is 62.6 Å². The van der Waals surface area contributed by atoms with Gasteiger partial charge in [0.2, 0.25) is 11.8 Å². The lowest BCUT2D eigenvalue weighted by Crippen LogP contribution is -2.34. The fraction of sp³-hybridized carbons (Fsp3) is 0.684. The molecule has 0 aliphatic carbocycles. The van der Waals surface area contributed by atoms with E-state index in [4.69, 9.17) is 4.42 Å². The Morgan fingerprint density at radius 2 is 2.04 bits per heavy atom. The summed E-state index contributed by atoms with van der Waals surface area (Å²) in [4.78, 5) is 25.5. The van der Waals surface area contributed by atoms with Crippen molar-refractivity contribution in [3.05, 3.63) is 23.7 Å². The summed E-state index contributed by atoms with van der Waals surface area (Å²) in [6, 6.07) is 4.08. The summed E-state index contributed by atoms with van der Waals surface area (Å²) in [6.07, 6.45) is 7.72. The largest absolute Gasteiger partial charge is 0.464 e. The molecule has 24 heavy (non-hydrogen) atoms. The van der Waals surface area contributed by atoms with Crippen LogP contribution in [0.3, 0.4) is 0 Å². The van der Waals surface area contributed by atoms with E-state index in [0.29, 0.717) is 13.0 Å². The summed E-state index contributed by atoms with van der Waals surface area (Å²) in [7, 11) is 0. The molecule has 1 N–H and O–H groups in total. The second kappa shape index (κ2) is 9.50. The van der Waals surface area contributed by atoms with Gasteiger partial charge in [-0.25, -0.2) is 0 Å². The van der Waals surface area contributed by atoms with Gasteiger partial charge in [-0.1, -0.05) is 19.3 Å². The van der Waals surface area contributed by atoms with Crippen molar-refractivity contribution in [1.29, 1.82) is 0 Å². The van der Waals surface area contributed by atoms with Crippen molar-refractivity contribution in [2.24, 2.45) is 0 Å². The van der Waals surface area contributed by atoms with Gasteiger partial charge in [-0.3, -0.25) is 9.59 Å². The zero-order valence-corrected chi connectivity index (χ0v) is 15.0. The third-order valence-corrected chi connectivity index (χ3v) is 4.60. The Morgan fingerprint density at radius 3 is 2.75 bits per heavy atom. The van der Waals surface area contributed by atoms with Crippen LogP contribution in [0.1, 0.15) is 75.9 Å². The van der Waals surface area contributed by atoms with Gasteiger partial charge in [-0.05, 0) is 44.7 Å². The number of hydrogen-bond donors (Lipinski definition) is 1. The van der Waals surface area contributed by atoms with E-state index in [1.807, 2.05) is 24.0 Å². The maximum absolute atomic E-state index is 12.7. The highest BCUT2D eigenvalue weighted by Gasteiger charge is 2.28. The molecule has 2 rings (SSSR count). The third kappa shape index (κ3) is 5.69. The number of rotatable bonds is 7. The van der Waals surface area contributed by atoms with Gasteiger partial charge in [0.1, 0.15) is 11.5 Å². The molecule has 0 saturated carbocycles. The number of nitrogens with one attached hydrogen (secondary N) is 1. The molecule has 134 valence electrons. The normalized spacial score (nSPS) is 18.2. The first-order chi connectivity index (χ1) is 11.6. The Kier molecular flexibility index (Phi) is 7.35. The molecule has 5 heteroatoms. The molecule has 0 spiro atoms. The molecule has 0 aromatic carbocycles.